The molecule has 1 heterocycles. The van der Waals surface area contributed by atoms with Gasteiger partial charge in [0.05, 0.1) is 6.54 Å². The smallest absolute Gasteiger partial charge is 0.352 e. The standard InChI is InChI=1S/C17H25F3N4.HI/c1-13-4-6-14(7-5-13)10-23(3)16(21-2)22-15-8-9-24(11-15)12-17(18,19)20;/h4-7,15H,8-12H2,1-3H3,(H,21,22);1H. The van der Waals surface area contributed by atoms with Gasteiger partial charge in [0.15, 0.2) is 5.96 Å². The molecule has 0 saturated carbocycles. The molecule has 8 heteroatoms. The van der Waals surface area contributed by atoms with Gasteiger partial charge in [-0.3, -0.25) is 9.89 Å². The lowest BCUT2D eigenvalue weighted by atomic mass is 10.1. The van der Waals surface area contributed by atoms with Crippen LogP contribution < -0.4 is 5.32 Å². The number of hydrogen-bond donors (Lipinski definition) is 1. The van der Waals surface area contributed by atoms with Crippen molar-refractivity contribution in [2.45, 2.75) is 32.1 Å². The van der Waals surface area contributed by atoms with Crippen LogP contribution in [0.4, 0.5) is 13.2 Å². The normalized spacial score (nSPS) is 18.8. The van der Waals surface area contributed by atoms with Crippen molar-refractivity contribution in [3.63, 3.8) is 0 Å². The highest BCUT2D eigenvalue weighted by Crippen LogP contribution is 2.20. The Morgan fingerprint density at radius 3 is 2.52 bits per heavy atom. The Morgan fingerprint density at radius 1 is 1.32 bits per heavy atom. The number of rotatable bonds is 4. The predicted octanol–water partition coefficient (Wildman–Crippen LogP) is 3.26. The Morgan fingerprint density at radius 2 is 1.96 bits per heavy atom. The largest absolute Gasteiger partial charge is 0.401 e. The third-order valence-corrected chi connectivity index (χ3v) is 4.12. The van der Waals surface area contributed by atoms with Gasteiger partial charge < -0.3 is 10.2 Å². The van der Waals surface area contributed by atoms with Gasteiger partial charge in [-0.25, -0.2) is 0 Å². The molecule has 1 aliphatic heterocycles. The van der Waals surface area contributed by atoms with E-state index in [1.165, 1.54) is 10.5 Å². The van der Waals surface area contributed by atoms with E-state index in [-0.39, 0.29) is 30.0 Å². The van der Waals surface area contributed by atoms with Gasteiger partial charge in [0, 0.05) is 39.8 Å². The van der Waals surface area contributed by atoms with Crippen molar-refractivity contribution in [2.75, 3.05) is 33.7 Å². The van der Waals surface area contributed by atoms with E-state index in [2.05, 4.69) is 34.6 Å². The molecule has 0 aromatic heterocycles. The molecule has 0 bridgehead atoms. The van der Waals surface area contributed by atoms with Crippen molar-refractivity contribution in [3.8, 4) is 0 Å². The average Bonchev–Trinajstić information content (AvgIpc) is 2.92. The average molecular weight is 470 g/mol. The van der Waals surface area contributed by atoms with E-state index in [4.69, 9.17) is 0 Å². The summed E-state index contributed by atoms with van der Waals surface area (Å²) in [6.45, 7) is 2.73. The summed E-state index contributed by atoms with van der Waals surface area (Å²) in [7, 11) is 3.62. The maximum Gasteiger partial charge on any atom is 0.401 e. The van der Waals surface area contributed by atoms with Crippen molar-refractivity contribution < 1.29 is 13.2 Å². The quantitative estimate of drug-likeness (QED) is 0.417. The Balaban J connectivity index is 0.00000312. The Hall–Kier alpha value is -1.03. The molecule has 1 fully saturated rings. The van der Waals surface area contributed by atoms with Gasteiger partial charge in [-0.1, -0.05) is 29.8 Å². The summed E-state index contributed by atoms with van der Waals surface area (Å²) < 4.78 is 37.4. The molecule has 1 saturated heterocycles. The molecule has 25 heavy (non-hydrogen) atoms. The van der Waals surface area contributed by atoms with Crippen LogP contribution in [0.15, 0.2) is 29.3 Å². The Bertz CT molecular complexity index is 560. The van der Waals surface area contributed by atoms with Gasteiger partial charge >= 0.3 is 6.18 Å². The highest BCUT2D eigenvalue weighted by Gasteiger charge is 2.34. The Kier molecular flexibility index (Phi) is 8.46. The fourth-order valence-corrected chi connectivity index (χ4v) is 2.92. The maximum atomic E-state index is 12.5. The maximum absolute atomic E-state index is 12.5. The number of halogens is 4. The van der Waals surface area contributed by atoms with Crippen LogP contribution in [0, 0.1) is 6.92 Å². The summed E-state index contributed by atoms with van der Waals surface area (Å²) in [5, 5.41) is 3.28. The lowest BCUT2D eigenvalue weighted by molar-refractivity contribution is -0.143. The first-order valence-electron chi connectivity index (χ1n) is 8.06. The van der Waals surface area contributed by atoms with E-state index >= 15 is 0 Å². The zero-order valence-electron chi connectivity index (χ0n) is 14.8. The minimum atomic E-state index is -4.14. The van der Waals surface area contributed by atoms with Crippen molar-refractivity contribution in [3.05, 3.63) is 35.4 Å². The van der Waals surface area contributed by atoms with Crippen molar-refractivity contribution in [2.24, 2.45) is 4.99 Å². The summed E-state index contributed by atoms with van der Waals surface area (Å²) in [4.78, 5) is 7.67. The monoisotopic (exact) mass is 470 g/mol. The molecule has 1 atom stereocenters. The van der Waals surface area contributed by atoms with Crippen LogP contribution in [0.3, 0.4) is 0 Å². The van der Waals surface area contributed by atoms with Gasteiger partial charge in [-0.2, -0.15) is 13.2 Å². The van der Waals surface area contributed by atoms with Gasteiger partial charge in [0.1, 0.15) is 0 Å². The highest BCUT2D eigenvalue weighted by atomic mass is 127. The molecular weight excluding hydrogens is 444 g/mol. The second-order valence-corrected chi connectivity index (χ2v) is 6.37. The number of nitrogens with one attached hydrogen (secondary N) is 1. The van der Waals surface area contributed by atoms with Gasteiger partial charge in [-0.15, -0.1) is 24.0 Å². The molecule has 1 unspecified atom stereocenters. The number of likely N-dealkylation sites (tertiary alicyclic amines) is 1. The molecular formula is C17H26F3IN4. The predicted molar refractivity (Wildman–Crippen MR) is 105 cm³/mol. The van der Waals surface area contributed by atoms with Crippen LogP contribution in [0.25, 0.3) is 0 Å². The zero-order chi connectivity index (χ0) is 17.7. The molecule has 1 aromatic carbocycles. The van der Waals surface area contributed by atoms with Gasteiger partial charge in [0.2, 0.25) is 0 Å². The van der Waals surface area contributed by atoms with Crippen molar-refractivity contribution in [1.29, 1.82) is 0 Å². The number of nitrogens with zero attached hydrogens (tertiary/aromatic N) is 3. The molecule has 4 nitrogen and oxygen atoms in total. The zero-order valence-corrected chi connectivity index (χ0v) is 17.1. The second-order valence-electron chi connectivity index (χ2n) is 6.37. The molecule has 1 aliphatic rings. The van der Waals surface area contributed by atoms with Gasteiger partial charge in [0.25, 0.3) is 0 Å². The van der Waals surface area contributed by atoms with E-state index < -0.39 is 12.7 Å². The number of alkyl halides is 3. The molecule has 0 aliphatic carbocycles. The summed E-state index contributed by atoms with van der Waals surface area (Å²) in [5.74, 6) is 0.703. The van der Waals surface area contributed by atoms with E-state index in [9.17, 15) is 13.2 Å². The number of aryl methyl sites for hydroxylation is 1. The lowest BCUT2D eigenvalue weighted by Crippen LogP contribution is -2.45. The third-order valence-electron chi connectivity index (χ3n) is 4.12. The first-order valence-corrected chi connectivity index (χ1v) is 8.06. The number of hydrogen-bond acceptors (Lipinski definition) is 2. The van der Waals surface area contributed by atoms with Crippen LogP contribution in [0.1, 0.15) is 17.5 Å². The van der Waals surface area contributed by atoms with E-state index in [1.807, 2.05) is 18.9 Å². The van der Waals surface area contributed by atoms with Gasteiger partial charge in [-0.05, 0) is 18.9 Å². The fraction of sp³-hybridized carbons (Fsp3) is 0.588. The molecule has 2 rings (SSSR count). The minimum absolute atomic E-state index is 0. The Labute approximate surface area is 164 Å². The van der Waals surface area contributed by atoms with E-state index in [1.54, 1.807) is 7.05 Å². The summed E-state index contributed by atoms with van der Waals surface area (Å²) in [5.41, 5.74) is 2.37. The van der Waals surface area contributed by atoms with E-state index in [0.29, 0.717) is 32.0 Å². The minimum Gasteiger partial charge on any atom is -0.352 e. The van der Waals surface area contributed by atoms with Crippen LogP contribution in [-0.2, 0) is 6.54 Å². The van der Waals surface area contributed by atoms with Crippen LogP contribution >= 0.6 is 24.0 Å². The van der Waals surface area contributed by atoms with Crippen LogP contribution in [-0.4, -0.2) is 61.7 Å². The second kappa shape index (κ2) is 9.61. The molecule has 1 aromatic rings. The van der Waals surface area contributed by atoms with Crippen LogP contribution in [0.2, 0.25) is 0 Å². The highest BCUT2D eigenvalue weighted by molar-refractivity contribution is 14.0. The number of guanidine groups is 1. The lowest BCUT2D eigenvalue weighted by Gasteiger charge is -2.25. The molecule has 0 radical (unpaired) electrons. The number of aliphatic imine (C=N–C) groups is 1. The summed E-state index contributed by atoms with van der Waals surface area (Å²) in [6, 6.07) is 8.25. The molecule has 0 spiro atoms. The SMILES string of the molecule is CN=C(NC1CCN(CC(F)(F)F)C1)N(C)Cc1ccc(C)cc1.I. The summed E-state index contributed by atoms with van der Waals surface area (Å²) >= 11 is 0. The van der Waals surface area contributed by atoms with Crippen molar-refractivity contribution in [1.82, 2.24) is 15.1 Å². The molecule has 0 amide bonds. The number of benzene rings is 1. The topological polar surface area (TPSA) is 30.9 Å². The third kappa shape index (κ3) is 7.39. The molecule has 1 N–H and O–H groups in total. The first kappa shape index (κ1) is 22.0. The fourth-order valence-electron chi connectivity index (χ4n) is 2.92. The van der Waals surface area contributed by atoms with Crippen LogP contribution in [0.5, 0.6) is 0 Å². The van der Waals surface area contributed by atoms with E-state index in [0.717, 1.165) is 5.56 Å². The van der Waals surface area contributed by atoms with Crippen molar-refractivity contribution >= 4 is 29.9 Å². The molecule has 142 valence electrons. The first-order chi connectivity index (χ1) is 11.3. The summed E-state index contributed by atoms with van der Waals surface area (Å²) in [6.07, 6.45) is -3.45.